The average Bonchev–Trinajstić information content (AvgIpc) is 2.68. The van der Waals surface area contributed by atoms with Crippen LogP contribution in [0.5, 0.6) is 0 Å². The highest BCUT2D eigenvalue weighted by Gasteiger charge is 2.21. The third kappa shape index (κ3) is 1.84. The maximum atomic E-state index is 6.35. The monoisotopic (exact) mass is 261 g/mol. The molecule has 0 saturated carbocycles. The number of benzene rings is 1. The lowest BCUT2D eigenvalue weighted by Crippen LogP contribution is -2.24. The molecule has 0 spiro atoms. The maximum absolute atomic E-state index is 6.35. The quantitative estimate of drug-likeness (QED) is 0.855. The molecule has 0 bridgehead atoms. The highest BCUT2D eigenvalue weighted by atomic mass is 35.5. The normalized spacial score (nSPS) is 14.6. The first-order chi connectivity index (χ1) is 8.66. The van der Waals surface area contributed by atoms with E-state index in [0.717, 1.165) is 35.8 Å². The van der Waals surface area contributed by atoms with E-state index < -0.39 is 0 Å². The highest BCUT2D eigenvalue weighted by Crippen LogP contribution is 2.32. The Morgan fingerprint density at radius 2 is 2.22 bits per heavy atom. The van der Waals surface area contributed by atoms with Gasteiger partial charge in [0.05, 0.1) is 10.7 Å². The van der Waals surface area contributed by atoms with Crippen LogP contribution in [-0.2, 0) is 20.0 Å². The van der Waals surface area contributed by atoms with E-state index in [1.54, 1.807) is 0 Å². The van der Waals surface area contributed by atoms with Crippen LogP contribution in [0.2, 0.25) is 5.02 Å². The van der Waals surface area contributed by atoms with Crippen molar-refractivity contribution in [1.82, 2.24) is 15.1 Å². The van der Waals surface area contributed by atoms with E-state index >= 15 is 0 Å². The van der Waals surface area contributed by atoms with Gasteiger partial charge in [-0.15, -0.1) is 0 Å². The second-order valence-corrected chi connectivity index (χ2v) is 5.21. The van der Waals surface area contributed by atoms with Crippen molar-refractivity contribution < 1.29 is 0 Å². The molecule has 0 aliphatic carbocycles. The molecule has 0 unspecified atom stereocenters. The van der Waals surface area contributed by atoms with Crippen LogP contribution in [0, 0.1) is 6.92 Å². The van der Waals surface area contributed by atoms with Crippen LogP contribution in [-0.4, -0.2) is 16.3 Å². The van der Waals surface area contributed by atoms with Gasteiger partial charge in [-0.25, -0.2) is 0 Å². The molecule has 1 aromatic heterocycles. The van der Waals surface area contributed by atoms with Crippen molar-refractivity contribution in [3.8, 4) is 11.3 Å². The molecule has 2 aromatic rings. The van der Waals surface area contributed by atoms with Gasteiger partial charge in [-0.1, -0.05) is 23.7 Å². The van der Waals surface area contributed by atoms with Crippen LogP contribution in [0.25, 0.3) is 11.3 Å². The van der Waals surface area contributed by atoms with Gasteiger partial charge in [0.2, 0.25) is 0 Å². The molecular formula is C14H16ClN3. The topological polar surface area (TPSA) is 29.9 Å². The summed E-state index contributed by atoms with van der Waals surface area (Å²) >= 11 is 6.35. The van der Waals surface area contributed by atoms with Crippen molar-refractivity contribution in [1.29, 1.82) is 0 Å². The van der Waals surface area contributed by atoms with E-state index in [1.807, 2.05) is 24.7 Å². The zero-order chi connectivity index (χ0) is 12.7. The predicted molar refractivity (Wildman–Crippen MR) is 73.8 cm³/mol. The lowest BCUT2D eigenvalue weighted by atomic mass is 10.0. The molecule has 0 fully saturated rings. The van der Waals surface area contributed by atoms with Gasteiger partial charge in [-0.2, -0.15) is 5.10 Å². The van der Waals surface area contributed by atoms with Gasteiger partial charge in [0.1, 0.15) is 0 Å². The molecular weight excluding hydrogens is 246 g/mol. The van der Waals surface area contributed by atoms with Crippen molar-refractivity contribution >= 4 is 11.6 Å². The summed E-state index contributed by atoms with van der Waals surface area (Å²) in [4.78, 5) is 0. The Bertz CT molecular complexity index is 601. The molecule has 0 saturated heterocycles. The van der Waals surface area contributed by atoms with Crippen molar-refractivity contribution in [2.45, 2.75) is 19.9 Å². The lowest BCUT2D eigenvalue weighted by molar-refractivity contribution is 0.604. The predicted octanol–water partition coefficient (Wildman–Crippen LogP) is 2.69. The van der Waals surface area contributed by atoms with E-state index in [1.165, 1.54) is 16.8 Å². The molecule has 3 rings (SSSR count). The van der Waals surface area contributed by atoms with Gasteiger partial charge in [0.15, 0.2) is 0 Å². The third-order valence-corrected chi connectivity index (χ3v) is 3.81. The number of nitrogens with one attached hydrogen (secondary N) is 1. The van der Waals surface area contributed by atoms with E-state index in [2.05, 4.69) is 22.5 Å². The van der Waals surface area contributed by atoms with Gasteiger partial charge in [-0.05, 0) is 18.6 Å². The first-order valence-corrected chi connectivity index (χ1v) is 6.56. The highest BCUT2D eigenvalue weighted by molar-refractivity contribution is 6.33. The number of rotatable bonds is 1. The molecule has 1 aromatic carbocycles. The second kappa shape index (κ2) is 4.41. The summed E-state index contributed by atoms with van der Waals surface area (Å²) in [5.74, 6) is 0. The standard InChI is InChI=1S/C14H16ClN3/c1-9-3-4-10(12(15)7-9)14-11-8-16-6-5-13(11)18(2)17-14/h3-4,7,16H,5-6,8H2,1-2H3. The zero-order valence-corrected chi connectivity index (χ0v) is 11.4. The van der Waals surface area contributed by atoms with E-state index in [4.69, 9.17) is 11.6 Å². The number of fused-ring (bicyclic) bond motifs is 1. The average molecular weight is 262 g/mol. The minimum Gasteiger partial charge on any atom is -0.312 e. The molecule has 1 N–H and O–H groups in total. The first-order valence-electron chi connectivity index (χ1n) is 6.19. The summed E-state index contributed by atoms with van der Waals surface area (Å²) < 4.78 is 1.99. The Balaban J connectivity index is 2.17. The second-order valence-electron chi connectivity index (χ2n) is 4.81. The Morgan fingerprint density at radius 3 is 3.00 bits per heavy atom. The summed E-state index contributed by atoms with van der Waals surface area (Å²) in [7, 11) is 2.01. The Hall–Kier alpha value is -1.32. The third-order valence-electron chi connectivity index (χ3n) is 3.49. The smallest absolute Gasteiger partial charge is 0.0985 e. The summed E-state index contributed by atoms with van der Waals surface area (Å²) in [5.41, 5.74) is 5.83. The van der Waals surface area contributed by atoms with Crippen LogP contribution in [0.3, 0.4) is 0 Å². The van der Waals surface area contributed by atoms with Crippen molar-refractivity contribution in [3.05, 3.63) is 40.0 Å². The number of hydrogen-bond acceptors (Lipinski definition) is 2. The largest absolute Gasteiger partial charge is 0.312 e. The molecule has 0 atom stereocenters. The van der Waals surface area contributed by atoms with Crippen LogP contribution >= 0.6 is 11.6 Å². The van der Waals surface area contributed by atoms with Gasteiger partial charge < -0.3 is 5.32 Å². The van der Waals surface area contributed by atoms with E-state index in [0.29, 0.717) is 0 Å². The molecule has 18 heavy (non-hydrogen) atoms. The van der Waals surface area contributed by atoms with E-state index in [-0.39, 0.29) is 0 Å². The molecule has 0 amide bonds. The number of halogens is 1. The lowest BCUT2D eigenvalue weighted by Gasteiger charge is -2.14. The van der Waals surface area contributed by atoms with Crippen molar-refractivity contribution in [2.75, 3.05) is 6.54 Å². The summed E-state index contributed by atoms with van der Waals surface area (Å²) in [5, 5.41) is 8.82. The summed E-state index contributed by atoms with van der Waals surface area (Å²) in [6, 6.07) is 6.14. The van der Waals surface area contributed by atoms with Crippen LogP contribution in [0.4, 0.5) is 0 Å². The van der Waals surface area contributed by atoms with Crippen LogP contribution in [0.1, 0.15) is 16.8 Å². The maximum Gasteiger partial charge on any atom is 0.0985 e. The number of hydrogen-bond donors (Lipinski definition) is 1. The van der Waals surface area contributed by atoms with Crippen molar-refractivity contribution in [3.63, 3.8) is 0 Å². The van der Waals surface area contributed by atoms with Crippen LogP contribution < -0.4 is 5.32 Å². The fraction of sp³-hybridized carbons (Fsp3) is 0.357. The minimum atomic E-state index is 0.779. The summed E-state index contributed by atoms with van der Waals surface area (Å²) in [6.07, 6.45) is 1.03. The molecule has 94 valence electrons. The van der Waals surface area contributed by atoms with Gasteiger partial charge in [0.25, 0.3) is 0 Å². The number of aryl methyl sites for hydroxylation is 2. The Labute approximate surface area is 112 Å². The zero-order valence-electron chi connectivity index (χ0n) is 10.6. The molecule has 0 radical (unpaired) electrons. The molecule has 1 aliphatic rings. The molecule has 1 aliphatic heterocycles. The number of nitrogens with zero attached hydrogens (tertiary/aromatic N) is 2. The van der Waals surface area contributed by atoms with Gasteiger partial charge in [0, 0.05) is 43.4 Å². The Morgan fingerprint density at radius 1 is 1.39 bits per heavy atom. The minimum absolute atomic E-state index is 0.779. The molecule has 3 nitrogen and oxygen atoms in total. The van der Waals surface area contributed by atoms with Crippen LogP contribution in [0.15, 0.2) is 18.2 Å². The van der Waals surface area contributed by atoms with Crippen molar-refractivity contribution in [2.24, 2.45) is 7.05 Å². The summed E-state index contributed by atoms with van der Waals surface area (Å²) in [6.45, 7) is 3.95. The SMILES string of the molecule is Cc1ccc(-c2nn(C)c3c2CNCC3)c(Cl)c1. The van der Waals surface area contributed by atoms with Gasteiger partial charge in [-0.3, -0.25) is 4.68 Å². The van der Waals surface area contributed by atoms with Gasteiger partial charge >= 0.3 is 0 Å². The molecule has 2 heterocycles. The fourth-order valence-corrected chi connectivity index (χ4v) is 2.87. The number of aromatic nitrogens is 2. The Kier molecular flexibility index (Phi) is 2.88. The first kappa shape index (κ1) is 11.8. The van der Waals surface area contributed by atoms with E-state index in [9.17, 15) is 0 Å². The fourth-order valence-electron chi connectivity index (χ4n) is 2.55. The molecule has 4 heteroatoms.